The number of fused-ring (bicyclic) bond motifs is 1. The first-order chi connectivity index (χ1) is 13.2. The molecule has 2 atom stereocenters. The van der Waals surface area contributed by atoms with E-state index in [4.69, 9.17) is 14.2 Å². The molecule has 3 aliphatic rings. The molecule has 2 unspecified atom stereocenters. The van der Waals surface area contributed by atoms with E-state index in [-0.39, 0.29) is 24.2 Å². The molecule has 1 aromatic rings. The second-order valence-electron chi connectivity index (χ2n) is 7.96. The Morgan fingerprint density at radius 3 is 3.19 bits per heavy atom. The molecule has 2 heterocycles. The Kier molecular flexibility index (Phi) is 5.66. The van der Waals surface area contributed by atoms with Crippen molar-refractivity contribution in [3.05, 3.63) is 29.3 Å². The zero-order valence-electron chi connectivity index (χ0n) is 16.2. The molecule has 27 heavy (non-hydrogen) atoms. The van der Waals surface area contributed by atoms with Crippen molar-refractivity contribution in [1.82, 2.24) is 10.2 Å². The summed E-state index contributed by atoms with van der Waals surface area (Å²) in [4.78, 5) is 14.6. The molecule has 2 fully saturated rings. The Hall–Kier alpha value is -1.63. The zero-order valence-corrected chi connectivity index (χ0v) is 16.2. The second-order valence-corrected chi connectivity index (χ2v) is 7.96. The fraction of sp³-hybridized carbons (Fsp3) is 0.667. The maximum atomic E-state index is 12.1. The van der Waals surface area contributed by atoms with Crippen molar-refractivity contribution in [2.24, 2.45) is 0 Å². The van der Waals surface area contributed by atoms with Gasteiger partial charge in [-0.1, -0.05) is 25.0 Å². The van der Waals surface area contributed by atoms with Gasteiger partial charge in [0.25, 0.3) is 0 Å². The van der Waals surface area contributed by atoms with Gasteiger partial charge in [-0.2, -0.15) is 0 Å². The van der Waals surface area contributed by atoms with E-state index in [0.29, 0.717) is 6.61 Å². The van der Waals surface area contributed by atoms with Crippen molar-refractivity contribution < 1.29 is 19.0 Å². The van der Waals surface area contributed by atoms with Gasteiger partial charge in [-0.15, -0.1) is 0 Å². The average molecular weight is 374 g/mol. The number of hydrogen-bond acceptors (Lipinski definition) is 5. The summed E-state index contributed by atoms with van der Waals surface area (Å²) >= 11 is 0. The zero-order chi connectivity index (χ0) is 18.7. The number of hydrogen-bond donors (Lipinski definition) is 1. The van der Waals surface area contributed by atoms with Crippen LogP contribution in [-0.4, -0.2) is 62.5 Å². The van der Waals surface area contributed by atoms with Crippen molar-refractivity contribution in [1.29, 1.82) is 0 Å². The number of amides is 1. The number of nitrogens with zero attached hydrogens (tertiary/aromatic N) is 1. The van der Waals surface area contributed by atoms with E-state index in [9.17, 15) is 4.79 Å². The molecule has 1 N–H and O–H groups in total. The Morgan fingerprint density at radius 2 is 2.30 bits per heavy atom. The van der Waals surface area contributed by atoms with Crippen molar-refractivity contribution in [2.45, 2.75) is 50.3 Å². The molecule has 1 spiro atoms. The average Bonchev–Trinajstić information content (AvgIpc) is 3.12. The fourth-order valence-electron chi connectivity index (χ4n) is 4.76. The number of rotatable bonds is 5. The topological polar surface area (TPSA) is 60.0 Å². The highest BCUT2D eigenvalue weighted by Gasteiger charge is 2.45. The van der Waals surface area contributed by atoms with Crippen molar-refractivity contribution in [3.8, 4) is 5.75 Å². The quantitative estimate of drug-likeness (QED) is 0.853. The van der Waals surface area contributed by atoms with Crippen LogP contribution < -0.4 is 10.1 Å². The summed E-state index contributed by atoms with van der Waals surface area (Å²) in [6, 6.07) is 6.61. The van der Waals surface area contributed by atoms with Crippen molar-refractivity contribution >= 4 is 5.91 Å². The third kappa shape index (κ3) is 4.13. The molecule has 1 saturated carbocycles. The summed E-state index contributed by atoms with van der Waals surface area (Å²) < 4.78 is 16.9. The maximum absolute atomic E-state index is 12.1. The third-order valence-electron chi connectivity index (χ3n) is 6.04. The molecule has 6 heteroatoms. The van der Waals surface area contributed by atoms with E-state index in [1.807, 2.05) is 0 Å². The standard InChI is InChI=1S/C21H30N2O4/c1-25-14-20(24)22-19-4-2-3-8-21(19)15-23(9-11-27-21)13-16-5-6-18-17(12-16)7-10-26-18/h5-6,12,19H,2-4,7-11,13-15H2,1H3,(H,22,24). The Morgan fingerprint density at radius 1 is 1.37 bits per heavy atom. The number of carbonyl (C=O) groups excluding carboxylic acids is 1. The molecule has 0 radical (unpaired) electrons. The van der Waals surface area contributed by atoms with E-state index in [1.54, 1.807) is 7.11 Å². The van der Waals surface area contributed by atoms with Gasteiger partial charge in [0.05, 0.1) is 19.3 Å². The van der Waals surface area contributed by atoms with Gasteiger partial charge in [0.2, 0.25) is 5.91 Å². The van der Waals surface area contributed by atoms with Crippen LogP contribution >= 0.6 is 0 Å². The van der Waals surface area contributed by atoms with Gasteiger partial charge in [-0.3, -0.25) is 9.69 Å². The number of ether oxygens (including phenoxy) is 3. The van der Waals surface area contributed by atoms with E-state index >= 15 is 0 Å². The molecule has 6 nitrogen and oxygen atoms in total. The molecule has 1 aliphatic carbocycles. The summed E-state index contributed by atoms with van der Waals surface area (Å²) in [6.45, 7) is 4.31. The lowest BCUT2D eigenvalue weighted by Gasteiger charge is -2.49. The summed E-state index contributed by atoms with van der Waals surface area (Å²) in [5, 5.41) is 3.17. The minimum atomic E-state index is -0.278. The Labute approximate surface area is 161 Å². The van der Waals surface area contributed by atoms with E-state index in [0.717, 1.165) is 64.1 Å². The minimum Gasteiger partial charge on any atom is -0.493 e. The molecule has 148 valence electrons. The van der Waals surface area contributed by atoms with Crippen LogP contribution in [0.1, 0.15) is 36.8 Å². The summed E-state index contributed by atoms with van der Waals surface area (Å²) in [7, 11) is 1.55. The molecule has 1 saturated heterocycles. The monoisotopic (exact) mass is 374 g/mol. The van der Waals surface area contributed by atoms with Crippen LogP contribution in [0.25, 0.3) is 0 Å². The Bertz CT molecular complexity index is 676. The van der Waals surface area contributed by atoms with Crippen LogP contribution in [0.15, 0.2) is 18.2 Å². The summed E-state index contributed by atoms with van der Waals surface area (Å²) in [5.74, 6) is 0.980. The first kappa shape index (κ1) is 18.7. The Balaban J connectivity index is 1.44. The van der Waals surface area contributed by atoms with Gasteiger partial charge in [-0.25, -0.2) is 0 Å². The number of benzene rings is 1. The largest absolute Gasteiger partial charge is 0.493 e. The predicted octanol–water partition coefficient (Wildman–Crippen LogP) is 1.90. The molecular formula is C21H30N2O4. The lowest BCUT2D eigenvalue weighted by Crippen LogP contribution is -2.64. The van der Waals surface area contributed by atoms with Gasteiger partial charge in [0, 0.05) is 33.2 Å². The molecule has 0 bridgehead atoms. The molecule has 2 aliphatic heterocycles. The highest BCUT2D eigenvalue weighted by atomic mass is 16.5. The first-order valence-corrected chi connectivity index (χ1v) is 10.1. The third-order valence-corrected chi connectivity index (χ3v) is 6.04. The van der Waals surface area contributed by atoms with Crippen molar-refractivity contribution in [2.75, 3.05) is 40.0 Å². The van der Waals surface area contributed by atoms with E-state index < -0.39 is 0 Å². The van der Waals surface area contributed by atoms with Crippen molar-refractivity contribution in [3.63, 3.8) is 0 Å². The number of nitrogens with one attached hydrogen (secondary N) is 1. The maximum Gasteiger partial charge on any atom is 0.246 e. The smallest absolute Gasteiger partial charge is 0.246 e. The molecule has 0 aromatic heterocycles. The lowest BCUT2D eigenvalue weighted by molar-refractivity contribution is -0.152. The van der Waals surface area contributed by atoms with E-state index in [1.165, 1.54) is 11.1 Å². The van der Waals surface area contributed by atoms with Crippen LogP contribution in [0, 0.1) is 0 Å². The van der Waals surface area contributed by atoms with Crippen LogP contribution in [0.2, 0.25) is 0 Å². The van der Waals surface area contributed by atoms with E-state index in [2.05, 4.69) is 28.4 Å². The van der Waals surface area contributed by atoms with Gasteiger partial charge < -0.3 is 19.5 Å². The molecule has 1 amide bonds. The highest BCUT2D eigenvalue weighted by molar-refractivity contribution is 5.77. The van der Waals surface area contributed by atoms with Gasteiger partial charge >= 0.3 is 0 Å². The predicted molar refractivity (Wildman–Crippen MR) is 102 cm³/mol. The number of carbonyl (C=O) groups is 1. The van der Waals surface area contributed by atoms with Gasteiger partial charge in [-0.05, 0) is 30.0 Å². The number of morpholine rings is 1. The number of methoxy groups -OCH3 is 1. The summed E-state index contributed by atoms with van der Waals surface area (Å²) in [5.41, 5.74) is 2.37. The second kappa shape index (κ2) is 8.17. The van der Waals surface area contributed by atoms with Crippen LogP contribution in [0.5, 0.6) is 5.75 Å². The first-order valence-electron chi connectivity index (χ1n) is 10.1. The summed E-state index contributed by atoms with van der Waals surface area (Å²) in [6.07, 6.45) is 5.26. The fourth-order valence-corrected chi connectivity index (χ4v) is 4.76. The van der Waals surface area contributed by atoms with Gasteiger partial charge in [0.15, 0.2) is 0 Å². The molecule has 4 rings (SSSR count). The minimum absolute atomic E-state index is 0.0527. The van der Waals surface area contributed by atoms with Crippen LogP contribution in [0.3, 0.4) is 0 Å². The van der Waals surface area contributed by atoms with Crippen LogP contribution in [-0.2, 0) is 27.2 Å². The normalized spacial score (nSPS) is 28.0. The lowest BCUT2D eigenvalue weighted by atomic mass is 9.78. The highest BCUT2D eigenvalue weighted by Crippen LogP contribution is 2.35. The SMILES string of the molecule is COCC(=O)NC1CCCCC12CN(Cc1ccc3c(c1)CCO3)CCO2. The molecular weight excluding hydrogens is 344 g/mol. The van der Waals surface area contributed by atoms with Gasteiger partial charge in [0.1, 0.15) is 18.0 Å². The van der Waals surface area contributed by atoms with Crippen LogP contribution in [0.4, 0.5) is 0 Å². The molecule has 1 aromatic carbocycles.